The molecular formula is C29H33F3N10O2. The maximum Gasteiger partial charge on any atom is 0.451 e. The molecule has 44 heavy (non-hydrogen) atoms. The van der Waals surface area contributed by atoms with Crippen molar-refractivity contribution in [3.8, 4) is 23.2 Å². The smallest absolute Gasteiger partial charge is 0.451 e. The Kier molecular flexibility index (Phi) is 8.23. The summed E-state index contributed by atoms with van der Waals surface area (Å²) in [5, 5.41) is 27.5. The average molecular weight is 611 g/mol. The monoisotopic (exact) mass is 610 g/mol. The van der Waals surface area contributed by atoms with Gasteiger partial charge in [-0.15, -0.1) is 0 Å². The lowest BCUT2D eigenvalue weighted by atomic mass is 9.82. The lowest BCUT2D eigenvalue weighted by Gasteiger charge is -2.53. The molecule has 15 heteroatoms. The van der Waals surface area contributed by atoms with Gasteiger partial charge in [-0.3, -0.25) is 9.58 Å². The van der Waals surface area contributed by atoms with Gasteiger partial charge in [-0.25, -0.2) is 15.0 Å². The maximum absolute atomic E-state index is 13.5. The first-order valence-electron chi connectivity index (χ1n) is 14.6. The van der Waals surface area contributed by atoms with Crippen molar-refractivity contribution in [1.29, 1.82) is 5.26 Å². The molecule has 4 aromatic heterocycles. The summed E-state index contributed by atoms with van der Waals surface area (Å²) in [7, 11) is 0. The minimum absolute atomic E-state index is 0.0479. The Balaban J connectivity index is 1.07. The highest BCUT2D eigenvalue weighted by Crippen LogP contribution is 2.39. The van der Waals surface area contributed by atoms with E-state index in [1.165, 1.54) is 12.4 Å². The molecule has 1 aliphatic heterocycles. The zero-order chi connectivity index (χ0) is 30.9. The van der Waals surface area contributed by atoms with Crippen molar-refractivity contribution in [3.05, 3.63) is 48.6 Å². The predicted octanol–water partition coefficient (Wildman–Crippen LogP) is 3.42. The van der Waals surface area contributed by atoms with E-state index in [0.717, 1.165) is 35.1 Å². The minimum Gasteiger partial charge on any atom is -0.474 e. The Labute approximate surface area is 251 Å². The number of aromatic amines is 1. The zero-order valence-corrected chi connectivity index (χ0v) is 24.1. The summed E-state index contributed by atoms with van der Waals surface area (Å²) in [5.74, 6) is -1.34. The van der Waals surface area contributed by atoms with Gasteiger partial charge >= 0.3 is 6.18 Å². The number of rotatable bonds is 10. The molecule has 1 saturated carbocycles. The molecule has 0 bridgehead atoms. The number of nitrogens with zero attached hydrogens (tertiary/aromatic N) is 8. The predicted molar refractivity (Wildman–Crippen MR) is 152 cm³/mol. The van der Waals surface area contributed by atoms with Crippen LogP contribution in [0.15, 0.2) is 37.1 Å². The number of alkyl halides is 3. The Morgan fingerprint density at radius 2 is 2.02 bits per heavy atom. The fourth-order valence-electron chi connectivity index (χ4n) is 6.12. The van der Waals surface area contributed by atoms with Crippen molar-refractivity contribution in [2.75, 3.05) is 19.6 Å². The molecule has 2 aliphatic rings. The van der Waals surface area contributed by atoms with Gasteiger partial charge in [-0.2, -0.15) is 28.5 Å². The van der Waals surface area contributed by atoms with Crippen LogP contribution in [-0.4, -0.2) is 82.6 Å². The highest BCUT2D eigenvalue weighted by Gasteiger charge is 2.48. The topological polar surface area (TPSA) is 154 Å². The van der Waals surface area contributed by atoms with Gasteiger partial charge in [0.25, 0.3) is 0 Å². The van der Waals surface area contributed by atoms with E-state index >= 15 is 0 Å². The number of aliphatic hydroxyl groups is 1. The van der Waals surface area contributed by atoms with Crippen molar-refractivity contribution in [3.63, 3.8) is 0 Å². The van der Waals surface area contributed by atoms with Gasteiger partial charge in [0, 0.05) is 61.6 Å². The van der Waals surface area contributed by atoms with Crippen LogP contribution in [0.4, 0.5) is 13.2 Å². The average Bonchev–Trinajstić information content (AvgIpc) is 3.65. The van der Waals surface area contributed by atoms with Gasteiger partial charge in [-0.05, 0) is 38.7 Å². The highest BCUT2D eigenvalue weighted by atomic mass is 19.4. The summed E-state index contributed by atoms with van der Waals surface area (Å²) in [6, 6.07) is 5.95. The number of halogens is 3. The van der Waals surface area contributed by atoms with Gasteiger partial charge in [-0.1, -0.05) is 0 Å². The van der Waals surface area contributed by atoms with Crippen LogP contribution in [0.3, 0.4) is 0 Å². The minimum atomic E-state index is -4.71. The number of hydrogen-bond donors (Lipinski definition) is 3. The van der Waals surface area contributed by atoms with E-state index in [0.29, 0.717) is 32.4 Å². The molecule has 2 fully saturated rings. The van der Waals surface area contributed by atoms with Crippen molar-refractivity contribution in [2.24, 2.45) is 0 Å². The number of fused-ring (bicyclic) bond motifs is 1. The highest BCUT2D eigenvalue weighted by molar-refractivity contribution is 5.90. The summed E-state index contributed by atoms with van der Waals surface area (Å²) >= 11 is 0. The van der Waals surface area contributed by atoms with Crippen molar-refractivity contribution in [1.82, 2.24) is 44.9 Å². The molecular weight excluding hydrogens is 577 g/mol. The van der Waals surface area contributed by atoms with E-state index in [1.807, 2.05) is 23.1 Å². The van der Waals surface area contributed by atoms with Gasteiger partial charge in [0.15, 0.2) is 0 Å². The van der Waals surface area contributed by atoms with E-state index < -0.39 is 23.6 Å². The van der Waals surface area contributed by atoms with Gasteiger partial charge in [0.05, 0.1) is 36.2 Å². The second-order valence-corrected chi connectivity index (χ2v) is 11.6. The Hall–Kier alpha value is -4.13. The zero-order valence-electron chi connectivity index (χ0n) is 24.1. The van der Waals surface area contributed by atoms with Crippen LogP contribution in [-0.2, 0) is 18.3 Å². The summed E-state index contributed by atoms with van der Waals surface area (Å²) in [4.78, 5) is 21.4. The molecule has 6 rings (SSSR count). The molecule has 0 spiro atoms. The summed E-state index contributed by atoms with van der Waals surface area (Å²) in [5.41, 5.74) is 2.07. The fourth-order valence-corrected chi connectivity index (χ4v) is 6.12. The number of aromatic nitrogens is 7. The largest absolute Gasteiger partial charge is 0.474 e. The summed E-state index contributed by atoms with van der Waals surface area (Å²) in [6.07, 6.45) is 4.70. The first-order valence-corrected chi connectivity index (χ1v) is 14.6. The Morgan fingerprint density at radius 1 is 1.23 bits per heavy atom. The molecule has 4 aromatic rings. The van der Waals surface area contributed by atoms with E-state index in [2.05, 4.69) is 46.3 Å². The van der Waals surface area contributed by atoms with Crippen LogP contribution in [0.2, 0.25) is 0 Å². The van der Waals surface area contributed by atoms with Gasteiger partial charge in [0.2, 0.25) is 11.7 Å². The van der Waals surface area contributed by atoms with Crippen LogP contribution in [0.5, 0.6) is 5.88 Å². The molecule has 0 amide bonds. The van der Waals surface area contributed by atoms with Crippen LogP contribution in [0.25, 0.3) is 22.3 Å². The first kappa shape index (κ1) is 29.9. The van der Waals surface area contributed by atoms with Crippen molar-refractivity contribution in [2.45, 2.75) is 75.5 Å². The molecule has 0 unspecified atom stereocenters. The molecule has 1 atom stereocenters. The van der Waals surface area contributed by atoms with Gasteiger partial charge in [0.1, 0.15) is 23.6 Å². The number of H-pyrrole nitrogens is 1. The molecule has 1 saturated heterocycles. The van der Waals surface area contributed by atoms with Crippen molar-refractivity contribution >= 4 is 11.0 Å². The number of ether oxygens (including phenoxy) is 1. The molecule has 0 aromatic carbocycles. The van der Waals surface area contributed by atoms with E-state index in [-0.39, 0.29) is 36.8 Å². The Morgan fingerprint density at radius 3 is 2.75 bits per heavy atom. The quantitative estimate of drug-likeness (QED) is 0.243. The van der Waals surface area contributed by atoms with Gasteiger partial charge < -0.3 is 20.1 Å². The summed E-state index contributed by atoms with van der Waals surface area (Å²) < 4.78 is 48.2. The molecule has 232 valence electrons. The van der Waals surface area contributed by atoms with E-state index in [4.69, 9.17) is 4.74 Å². The first-order chi connectivity index (χ1) is 21.1. The van der Waals surface area contributed by atoms with E-state index in [1.54, 1.807) is 13.1 Å². The normalized spacial score (nSPS) is 21.1. The second-order valence-electron chi connectivity index (χ2n) is 11.6. The molecule has 0 radical (unpaired) electrons. The number of hydrogen-bond acceptors (Lipinski definition) is 10. The molecule has 5 heterocycles. The van der Waals surface area contributed by atoms with Crippen LogP contribution >= 0.6 is 0 Å². The third-order valence-corrected chi connectivity index (χ3v) is 8.30. The SMILES string of the molecule is C[C@@H](O)CNCc1cc(OC2CCC(N3CC(CC#N)(n4cc(-c5ncnc6[nH]ccc56)cn4)C3)CC2)nc(C(F)(F)F)n1. The van der Waals surface area contributed by atoms with Crippen LogP contribution in [0, 0.1) is 11.3 Å². The second kappa shape index (κ2) is 12.1. The van der Waals surface area contributed by atoms with E-state index in [9.17, 15) is 23.5 Å². The lowest BCUT2D eigenvalue weighted by Crippen LogP contribution is -2.65. The number of nitriles is 1. The van der Waals surface area contributed by atoms with Crippen LogP contribution in [0.1, 0.15) is 50.5 Å². The third kappa shape index (κ3) is 6.23. The maximum atomic E-state index is 13.5. The lowest BCUT2D eigenvalue weighted by molar-refractivity contribution is -0.145. The molecule has 1 aliphatic carbocycles. The number of aliphatic hydroxyl groups excluding tert-OH is 1. The van der Waals surface area contributed by atoms with Crippen LogP contribution < -0.4 is 10.1 Å². The Bertz CT molecular complexity index is 1630. The molecule has 3 N–H and O–H groups in total. The standard InChI is InChI=1S/C29H33F3N10O2/c1-18(43)11-34-13-20-10-24(40-27(39-20)29(30,31)32)44-22-4-2-21(3-5-22)41-15-28(16-41,7-8-33)42-14-19(12-38-42)25-23-6-9-35-26(23)37-17-36-25/h6,9-10,12,14,17-18,21-22,34,43H,2-5,7,11,13,15-16H2,1H3,(H,35,36,37)/t18-,21?,22?/m1/s1. The number of likely N-dealkylation sites (tertiary alicyclic amines) is 1. The number of nitrogens with one attached hydrogen (secondary N) is 2. The third-order valence-electron chi connectivity index (χ3n) is 8.30. The fraction of sp³-hybridized carbons (Fsp3) is 0.517. The molecule has 12 nitrogen and oxygen atoms in total. The summed E-state index contributed by atoms with van der Waals surface area (Å²) in [6.45, 7) is 3.19. The van der Waals surface area contributed by atoms with Crippen molar-refractivity contribution < 1.29 is 23.0 Å².